The minimum atomic E-state index is -0.165. The number of hydrogen-bond donors (Lipinski definition) is 1. The van der Waals surface area contributed by atoms with Crippen molar-refractivity contribution >= 4 is 34.2 Å². The number of rotatable bonds is 4. The number of benzene rings is 2. The van der Waals surface area contributed by atoms with Crippen molar-refractivity contribution < 1.29 is 4.79 Å². The lowest BCUT2D eigenvalue weighted by molar-refractivity contribution is 0.102. The maximum Gasteiger partial charge on any atom is 0.259 e. The zero-order chi connectivity index (χ0) is 19.8. The molecule has 0 bridgehead atoms. The van der Waals surface area contributed by atoms with E-state index in [0.717, 1.165) is 40.9 Å². The van der Waals surface area contributed by atoms with E-state index in [0.29, 0.717) is 5.56 Å². The summed E-state index contributed by atoms with van der Waals surface area (Å²) in [7, 11) is 0. The molecule has 0 aliphatic carbocycles. The van der Waals surface area contributed by atoms with Crippen molar-refractivity contribution in [2.45, 2.75) is 6.92 Å². The fourth-order valence-corrected chi connectivity index (χ4v) is 4.49. The van der Waals surface area contributed by atoms with Gasteiger partial charge < -0.3 is 10.2 Å². The van der Waals surface area contributed by atoms with Crippen LogP contribution in [0.1, 0.15) is 21.6 Å². The van der Waals surface area contributed by atoms with E-state index < -0.39 is 0 Å². The molecule has 0 atom stereocenters. The molecule has 2 aromatic carbocycles. The molecule has 2 aliphatic rings. The van der Waals surface area contributed by atoms with Crippen molar-refractivity contribution in [2.75, 3.05) is 18.4 Å². The minimum absolute atomic E-state index is 0.165. The first kappa shape index (κ1) is 17.8. The van der Waals surface area contributed by atoms with Crippen LogP contribution >= 0.6 is 11.8 Å². The summed E-state index contributed by atoms with van der Waals surface area (Å²) in [4.78, 5) is 19.5. The van der Waals surface area contributed by atoms with Gasteiger partial charge in [-0.15, -0.1) is 0 Å². The summed E-state index contributed by atoms with van der Waals surface area (Å²) in [5.74, 6) is -0.165. The first-order valence-corrected chi connectivity index (χ1v) is 10.3. The number of carbonyl (C=O) groups is 1. The fourth-order valence-electron chi connectivity index (χ4n) is 3.53. The summed E-state index contributed by atoms with van der Waals surface area (Å²) in [5, 5.41) is 10.6. The highest BCUT2D eigenvalue weighted by molar-refractivity contribution is 8.16. The molecule has 0 fully saturated rings. The van der Waals surface area contributed by atoms with Gasteiger partial charge in [0.15, 0.2) is 5.17 Å². The van der Waals surface area contributed by atoms with Crippen LogP contribution in [0.3, 0.4) is 0 Å². The maximum atomic E-state index is 12.8. The molecule has 144 valence electrons. The molecule has 3 aromatic rings. The summed E-state index contributed by atoms with van der Waals surface area (Å²) < 4.78 is 1.78. The number of amides is 1. The largest absolute Gasteiger partial charge is 0.322 e. The third-order valence-corrected chi connectivity index (χ3v) is 5.96. The predicted octanol–water partition coefficient (Wildman–Crippen LogP) is 4.15. The highest BCUT2D eigenvalue weighted by Crippen LogP contribution is 2.35. The quantitative estimate of drug-likeness (QED) is 0.713. The Kier molecular flexibility index (Phi) is 4.44. The van der Waals surface area contributed by atoms with E-state index in [9.17, 15) is 4.79 Å². The van der Waals surface area contributed by atoms with Crippen LogP contribution in [0.4, 0.5) is 5.69 Å². The SMILES string of the molecule is Cc1c(C(=O)Nc2ccc(C3=CSC4=NCCN34)cc2)cnn1-c1ccccc1. The zero-order valence-corrected chi connectivity index (χ0v) is 16.7. The number of anilines is 1. The van der Waals surface area contributed by atoms with Gasteiger partial charge in [-0.1, -0.05) is 42.1 Å². The molecule has 1 N–H and O–H groups in total. The Morgan fingerprint density at radius 1 is 1.10 bits per heavy atom. The van der Waals surface area contributed by atoms with Crippen molar-refractivity contribution in [3.05, 3.63) is 83.0 Å². The van der Waals surface area contributed by atoms with Crippen molar-refractivity contribution in [1.29, 1.82) is 0 Å². The van der Waals surface area contributed by atoms with Gasteiger partial charge in [-0.2, -0.15) is 5.10 Å². The van der Waals surface area contributed by atoms with Gasteiger partial charge in [0.05, 0.1) is 35.4 Å². The van der Waals surface area contributed by atoms with E-state index >= 15 is 0 Å². The average molecular weight is 401 g/mol. The summed E-state index contributed by atoms with van der Waals surface area (Å²) in [6.45, 7) is 3.68. The fraction of sp³-hybridized carbons (Fsp3) is 0.136. The molecule has 0 saturated heterocycles. The lowest BCUT2D eigenvalue weighted by atomic mass is 10.1. The van der Waals surface area contributed by atoms with Crippen LogP contribution < -0.4 is 5.32 Å². The summed E-state index contributed by atoms with van der Waals surface area (Å²) in [6.07, 6.45) is 1.61. The van der Waals surface area contributed by atoms with Crippen LogP contribution in [0.5, 0.6) is 0 Å². The molecule has 0 saturated carbocycles. The Bertz CT molecular complexity index is 1130. The lowest BCUT2D eigenvalue weighted by Crippen LogP contribution is -2.19. The Morgan fingerprint density at radius 2 is 1.90 bits per heavy atom. The molecule has 5 rings (SSSR count). The van der Waals surface area contributed by atoms with Crippen LogP contribution in [-0.4, -0.2) is 38.8 Å². The van der Waals surface area contributed by atoms with Crippen molar-refractivity contribution in [2.24, 2.45) is 4.99 Å². The molecular weight excluding hydrogens is 382 g/mol. The number of carbonyl (C=O) groups excluding carboxylic acids is 1. The Hall–Kier alpha value is -3.32. The molecule has 1 amide bonds. The molecule has 3 heterocycles. The van der Waals surface area contributed by atoms with Crippen molar-refractivity contribution in [3.63, 3.8) is 0 Å². The highest BCUT2D eigenvalue weighted by atomic mass is 32.2. The Morgan fingerprint density at radius 3 is 2.69 bits per heavy atom. The monoisotopic (exact) mass is 401 g/mol. The third kappa shape index (κ3) is 3.23. The van der Waals surface area contributed by atoms with Crippen molar-refractivity contribution in [3.8, 4) is 5.69 Å². The number of nitrogens with one attached hydrogen (secondary N) is 1. The number of fused-ring (bicyclic) bond motifs is 1. The van der Waals surface area contributed by atoms with E-state index in [1.165, 1.54) is 5.70 Å². The minimum Gasteiger partial charge on any atom is -0.322 e. The standard InChI is InChI=1S/C22H19N5OS/c1-15-19(13-24-27(15)18-5-3-2-4-6-18)21(28)25-17-9-7-16(8-10-17)20-14-29-22-23-11-12-26(20)22/h2-10,13-14H,11-12H2,1H3,(H,25,28). The normalized spacial score (nSPS) is 15.1. The molecule has 1 aromatic heterocycles. The number of amidine groups is 1. The second-order valence-corrected chi connectivity index (χ2v) is 7.70. The maximum absolute atomic E-state index is 12.8. The summed E-state index contributed by atoms with van der Waals surface area (Å²) in [5.41, 5.74) is 5.35. The number of para-hydroxylation sites is 1. The van der Waals surface area contributed by atoms with Gasteiger partial charge >= 0.3 is 0 Å². The molecule has 2 aliphatic heterocycles. The first-order chi connectivity index (χ1) is 14.2. The third-order valence-electron chi connectivity index (χ3n) is 5.06. The first-order valence-electron chi connectivity index (χ1n) is 9.41. The molecule has 0 radical (unpaired) electrons. The van der Waals surface area contributed by atoms with E-state index in [2.05, 4.69) is 25.7 Å². The van der Waals surface area contributed by atoms with Gasteiger partial charge in [0.1, 0.15) is 0 Å². The average Bonchev–Trinajstić information content (AvgIpc) is 3.45. The van der Waals surface area contributed by atoms with Gasteiger partial charge in [0, 0.05) is 17.6 Å². The van der Waals surface area contributed by atoms with Gasteiger partial charge in [0.2, 0.25) is 0 Å². The van der Waals surface area contributed by atoms with Crippen molar-refractivity contribution in [1.82, 2.24) is 14.7 Å². The summed E-state index contributed by atoms with van der Waals surface area (Å²) in [6, 6.07) is 17.7. The van der Waals surface area contributed by atoms with Gasteiger partial charge in [-0.3, -0.25) is 9.79 Å². The predicted molar refractivity (Wildman–Crippen MR) is 117 cm³/mol. The zero-order valence-electron chi connectivity index (χ0n) is 15.9. The molecule has 0 spiro atoms. The summed E-state index contributed by atoms with van der Waals surface area (Å²) >= 11 is 1.66. The Balaban J connectivity index is 1.32. The number of aliphatic imine (C=N–C) groups is 1. The Labute approximate surface area is 172 Å². The van der Waals surface area contributed by atoms with Crippen LogP contribution in [0, 0.1) is 6.92 Å². The van der Waals surface area contributed by atoms with Crippen LogP contribution in [0.15, 0.2) is 71.2 Å². The molecule has 7 heteroatoms. The van der Waals surface area contributed by atoms with Crippen LogP contribution in [-0.2, 0) is 0 Å². The van der Waals surface area contributed by atoms with Gasteiger partial charge in [-0.05, 0) is 36.8 Å². The van der Waals surface area contributed by atoms with E-state index in [-0.39, 0.29) is 5.91 Å². The second-order valence-electron chi connectivity index (χ2n) is 6.86. The second kappa shape index (κ2) is 7.25. The molecular formula is C22H19N5OS. The van der Waals surface area contributed by atoms with Crippen LogP contribution in [0.25, 0.3) is 11.4 Å². The van der Waals surface area contributed by atoms with E-state index in [1.54, 1.807) is 22.6 Å². The lowest BCUT2D eigenvalue weighted by Gasteiger charge is -2.16. The smallest absolute Gasteiger partial charge is 0.259 e. The molecule has 0 unspecified atom stereocenters. The van der Waals surface area contributed by atoms with E-state index in [1.807, 2.05) is 61.5 Å². The highest BCUT2D eigenvalue weighted by Gasteiger charge is 2.27. The van der Waals surface area contributed by atoms with E-state index in [4.69, 9.17) is 0 Å². The number of aromatic nitrogens is 2. The number of nitrogens with zero attached hydrogens (tertiary/aromatic N) is 4. The van der Waals surface area contributed by atoms with Gasteiger partial charge in [0.25, 0.3) is 5.91 Å². The number of thioether (sulfide) groups is 1. The van der Waals surface area contributed by atoms with Gasteiger partial charge in [-0.25, -0.2) is 4.68 Å². The number of hydrogen-bond acceptors (Lipinski definition) is 5. The molecule has 6 nitrogen and oxygen atoms in total. The van der Waals surface area contributed by atoms with Crippen LogP contribution in [0.2, 0.25) is 0 Å². The molecule has 29 heavy (non-hydrogen) atoms. The topological polar surface area (TPSA) is 62.5 Å².